The van der Waals surface area contributed by atoms with E-state index in [0.717, 1.165) is 37.9 Å². The van der Waals surface area contributed by atoms with Crippen LogP contribution in [0.2, 0.25) is 0 Å². The molecule has 21 heavy (non-hydrogen) atoms. The molecule has 1 aromatic carbocycles. The highest BCUT2D eigenvalue weighted by atomic mass is 79.9. The van der Waals surface area contributed by atoms with E-state index in [-0.39, 0.29) is 17.1 Å². The van der Waals surface area contributed by atoms with E-state index in [1.807, 2.05) is 6.07 Å². The molecule has 1 aliphatic heterocycles. The van der Waals surface area contributed by atoms with Crippen molar-refractivity contribution in [2.75, 3.05) is 13.1 Å². The lowest BCUT2D eigenvalue weighted by Crippen LogP contribution is -2.47. The highest BCUT2D eigenvalue weighted by molar-refractivity contribution is 9.10. The maximum Gasteiger partial charge on any atom is 0.228 e. The number of hydrogen-bond donors (Lipinski definition) is 2. The molecule has 2 fully saturated rings. The van der Waals surface area contributed by atoms with Crippen molar-refractivity contribution in [1.82, 2.24) is 10.6 Å². The van der Waals surface area contributed by atoms with Crippen LogP contribution in [0.4, 0.5) is 4.39 Å². The second-order valence-corrected chi connectivity index (χ2v) is 7.02. The summed E-state index contributed by atoms with van der Waals surface area (Å²) in [7, 11) is 0. The van der Waals surface area contributed by atoms with E-state index in [2.05, 4.69) is 26.6 Å². The van der Waals surface area contributed by atoms with Crippen molar-refractivity contribution in [3.8, 4) is 0 Å². The second-order valence-electron chi connectivity index (χ2n) is 6.16. The third-order valence-electron chi connectivity index (χ3n) is 4.93. The zero-order valence-corrected chi connectivity index (χ0v) is 13.5. The highest BCUT2D eigenvalue weighted by Crippen LogP contribution is 2.43. The van der Waals surface area contributed by atoms with Gasteiger partial charge in [0.05, 0.1) is 9.89 Å². The SMILES string of the molecule is O=C(NCc1ccc(Br)c(F)c1)[C@@]12CCCC[C@H]1CNC2. The van der Waals surface area contributed by atoms with Crippen LogP contribution in [0.1, 0.15) is 31.2 Å². The van der Waals surface area contributed by atoms with Crippen LogP contribution in [0.3, 0.4) is 0 Å². The Morgan fingerprint density at radius 3 is 3.14 bits per heavy atom. The fourth-order valence-electron chi connectivity index (χ4n) is 3.70. The molecule has 2 aliphatic rings. The molecule has 2 N–H and O–H groups in total. The van der Waals surface area contributed by atoms with Gasteiger partial charge < -0.3 is 10.6 Å². The molecule has 3 nitrogen and oxygen atoms in total. The molecule has 114 valence electrons. The summed E-state index contributed by atoms with van der Waals surface area (Å²) in [5.74, 6) is 0.284. The maximum absolute atomic E-state index is 13.5. The Kier molecular flexibility index (Phi) is 4.31. The number of halogens is 2. The van der Waals surface area contributed by atoms with Crippen LogP contribution < -0.4 is 10.6 Å². The zero-order chi connectivity index (χ0) is 14.9. The van der Waals surface area contributed by atoms with E-state index in [1.165, 1.54) is 12.5 Å². The first-order chi connectivity index (χ1) is 10.1. The minimum absolute atomic E-state index is 0.125. The number of fused-ring (bicyclic) bond motifs is 1. The van der Waals surface area contributed by atoms with Crippen LogP contribution in [0, 0.1) is 17.2 Å². The van der Waals surface area contributed by atoms with Gasteiger partial charge in [-0.1, -0.05) is 18.9 Å². The maximum atomic E-state index is 13.5. The zero-order valence-electron chi connectivity index (χ0n) is 11.9. The van der Waals surface area contributed by atoms with Crippen LogP contribution in [-0.2, 0) is 11.3 Å². The average Bonchev–Trinajstić information content (AvgIpc) is 2.93. The Morgan fingerprint density at radius 2 is 2.33 bits per heavy atom. The lowest BCUT2D eigenvalue weighted by atomic mass is 9.67. The van der Waals surface area contributed by atoms with Gasteiger partial charge in [0.25, 0.3) is 0 Å². The Bertz CT molecular complexity index is 551. The molecule has 2 atom stereocenters. The Morgan fingerprint density at radius 1 is 1.48 bits per heavy atom. The van der Waals surface area contributed by atoms with E-state index in [1.54, 1.807) is 6.07 Å². The molecule has 0 bridgehead atoms. The van der Waals surface area contributed by atoms with E-state index in [9.17, 15) is 9.18 Å². The molecule has 1 saturated carbocycles. The number of nitrogens with one attached hydrogen (secondary N) is 2. The predicted molar refractivity (Wildman–Crippen MR) is 83.2 cm³/mol. The van der Waals surface area contributed by atoms with Gasteiger partial charge in [0.2, 0.25) is 5.91 Å². The topological polar surface area (TPSA) is 41.1 Å². The fourth-order valence-corrected chi connectivity index (χ4v) is 3.95. The van der Waals surface area contributed by atoms with Gasteiger partial charge in [-0.15, -0.1) is 0 Å². The minimum Gasteiger partial charge on any atom is -0.351 e. The number of benzene rings is 1. The van der Waals surface area contributed by atoms with Crippen LogP contribution in [0.15, 0.2) is 22.7 Å². The molecule has 0 aromatic heterocycles. The first-order valence-corrected chi connectivity index (χ1v) is 8.34. The van der Waals surface area contributed by atoms with Gasteiger partial charge in [-0.25, -0.2) is 4.39 Å². The van der Waals surface area contributed by atoms with Crippen LogP contribution in [-0.4, -0.2) is 19.0 Å². The van der Waals surface area contributed by atoms with Crippen molar-refractivity contribution >= 4 is 21.8 Å². The molecular formula is C16H20BrFN2O. The summed E-state index contributed by atoms with van der Waals surface area (Å²) in [6, 6.07) is 4.97. The summed E-state index contributed by atoms with van der Waals surface area (Å²) < 4.78 is 13.9. The predicted octanol–water partition coefficient (Wildman–Crippen LogP) is 2.98. The van der Waals surface area contributed by atoms with Gasteiger partial charge in [0.1, 0.15) is 5.82 Å². The van der Waals surface area contributed by atoms with Crippen molar-refractivity contribution in [2.24, 2.45) is 11.3 Å². The van der Waals surface area contributed by atoms with Crippen molar-refractivity contribution in [3.63, 3.8) is 0 Å². The molecule has 1 saturated heterocycles. The summed E-state index contributed by atoms with van der Waals surface area (Å²) in [6.07, 6.45) is 4.44. The second kappa shape index (κ2) is 6.05. The van der Waals surface area contributed by atoms with Crippen LogP contribution >= 0.6 is 15.9 Å². The standard InChI is InChI=1S/C16H20BrFN2O/c17-13-5-4-11(7-14(13)18)8-20-15(21)16-6-2-1-3-12(16)9-19-10-16/h4-5,7,12,19H,1-3,6,8-10H2,(H,20,21)/t12-,16+/m0/s1. The number of rotatable bonds is 3. The fraction of sp³-hybridized carbons (Fsp3) is 0.562. The summed E-state index contributed by atoms with van der Waals surface area (Å²) in [5, 5.41) is 6.39. The van der Waals surface area contributed by atoms with Gasteiger partial charge in [-0.3, -0.25) is 4.79 Å². The monoisotopic (exact) mass is 354 g/mol. The minimum atomic E-state index is -0.294. The summed E-state index contributed by atoms with van der Waals surface area (Å²) in [5.41, 5.74) is 0.547. The molecule has 5 heteroatoms. The third kappa shape index (κ3) is 2.86. The van der Waals surface area contributed by atoms with Gasteiger partial charge in [-0.05, 0) is 58.9 Å². The summed E-state index contributed by atoms with van der Waals surface area (Å²) in [4.78, 5) is 12.7. The lowest BCUT2D eigenvalue weighted by Gasteiger charge is -2.37. The number of carbonyl (C=O) groups is 1. The molecule has 0 unspecified atom stereocenters. The molecular weight excluding hydrogens is 335 g/mol. The Hall–Kier alpha value is -0.940. The number of hydrogen-bond acceptors (Lipinski definition) is 2. The molecule has 1 aliphatic carbocycles. The Balaban J connectivity index is 1.67. The molecule has 0 spiro atoms. The molecule has 3 rings (SSSR count). The largest absolute Gasteiger partial charge is 0.351 e. The molecule has 1 heterocycles. The molecule has 0 radical (unpaired) electrons. The summed E-state index contributed by atoms with van der Waals surface area (Å²) in [6.45, 7) is 2.11. The quantitative estimate of drug-likeness (QED) is 0.875. The first kappa shape index (κ1) is 15.0. The van der Waals surface area contributed by atoms with Gasteiger partial charge in [-0.2, -0.15) is 0 Å². The van der Waals surface area contributed by atoms with Gasteiger partial charge in [0.15, 0.2) is 0 Å². The smallest absolute Gasteiger partial charge is 0.228 e. The van der Waals surface area contributed by atoms with E-state index < -0.39 is 0 Å². The average molecular weight is 355 g/mol. The van der Waals surface area contributed by atoms with E-state index in [4.69, 9.17) is 0 Å². The van der Waals surface area contributed by atoms with Gasteiger partial charge >= 0.3 is 0 Å². The van der Waals surface area contributed by atoms with E-state index in [0.29, 0.717) is 16.9 Å². The van der Waals surface area contributed by atoms with Crippen LogP contribution in [0.5, 0.6) is 0 Å². The Labute approximate surface area is 132 Å². The highest BCUT2D eigenvalue weighted by Gasteiger charge is 2.49. The number of amides is 1. The molecule has 1 amide bonds. The van der Waals surface area contributed by atoms with Gasteiger partial charge in [0, 0.05) is 13.1 Å². The number of carbonyl (C=O) groups excluding carboxylic acids is 1. The normalized spacial score (nSPS) is 28.2. The molecule has 1 aromatic rings. The third-order valence-corrected chi connectivity index (χ3v) is 5.57. The van der Waals surface area contributed by atoms with Crippen molar-refractivity contribution < 1.29 is 9.18 Å². The first-order valence-electron chi connectivity index (χ1n) is 7.55. The van der Waals surface area contributed by atoms with Crippen molar-refractivity contribution in [1.29, 1.82) is 0 Å². The van der Waals surface area contributed by atoms with E-state index >= 15 is 0 Å². The van der Waals surface area contributed by atoms with Crippen molar-refractivity contribution in [3.05, 3.63) is 34.1 Å². The van der Waals surface area contributed by atoms with Crippen molar-refractivity contribution in [2.45, 2.75) is 32.2 Å². The lowest BCUT2D eigenvalue weighted by molar-refractivity contribution is -0.134. The summed E-state index contributed by atoms with van der Waals surface area (Å²) >= 11 is 3.14. The van der Waals surface area contributed by atoms with Crippen LogP contribution in [0.25, 0.3) is 0 Å².